The number of hydrogen-bond acceptors (Lipinski definition) is 8. The Morgan fingerprint density at radius 1 is 1.35 bits per heavy atom. The van der Waals surface area contributed by atoms with Crippen LogP contribution >= 0.6 is 24.4 Å². The zero-order valence-corrected chi connectivity index (χ0v) is 20.4. The predicted octanol–water partition coefficient (Wildman–Crippen LogP) is 4.60. The monoisotopic (exact) mass is 506 g/mol. The highest BCUT2D eigenvalue weighted by molar-refractivity contribution is 7.94. The summed E-state index contributed by atoms with van der Waals surface area (Å²) in [6.07, 6.45) is 6.47. The van der Waals surface area contributed by atoms with E-state index >= 15 is 0 Å². The van der Waals surface area contributed by atoms with Crippen molar-refractivity contribution in [2.75, 3.05) is 18.6 Å². The second kappa shape index (κ2) is 10.3. The highest BCUT2D eigenvalue weighted by Crippen LogP contribution is 2.35. The van der Waals surface area contributed by atoms with E-state index in [1.807, 2.05) is 13.2 Å². The van der Waals surface area contributed by atoms with Crippen LogP contribution in [0.2, 0.25) is 0 Å². The standard InChI is InChI=1S/C22H24F2N6O2S2/c1-11(12-6-14(7-12)32-33-3)28-22(31)16-10-30(34-24)21-20(16)29-18(9-27-21)19(25)15-5-4-13(23)8-17(15)26-2/h4-5,8-12,14,25-26H,6-7H2,1-3H3,(H,28,31). The minimum absolute atomic E-state index is 0.00608. The molecule has 180 valence electrons. The number of carbonyl (C=O) groups excluding carboxylic acids is 1. The Hall–Kier alpha value is -2.70. The highest BCUT2D eigenvalue weighted by Gasteiger charge is 2.35. The third-order valence-corrected chi connectivity index (χ3v) is 6.88. The number of carbonyl (C=O) groups is 1. The van der Waals surface area contributed by atoms with Crippen LogP contribution in [0, 0.1) is 17.1 Å². The van der Waals surface area contributed by atoms with Crippen LogP contribution < -0.4 is 10.6 Å². The van der Waals surface area contributed by atoms with Gasteiger partial charge in [0.1, 0.15) is 17.0 Å². The molecule has 34 heavy (non-hydrogen) atoms. The van der Waals surface area contributed by atoms with Crippen LogP contribution in [0.15, 0.2) is 30.6 Å². The Morgan fingerprint density at radius 2 is 2.12 bits per heavy atom. The van der Waals surface area contributed by atoms with E-state index in [4.69, 9.17) is 9.59 Å². The number of benzene rings is 1. The van der Waals surface area contributed by atoms with Gasteiger partial charge in [-0.15, -0.1) is 3.89 Å². The average molecular weight is 507 g/mol. The summed E-state index contributed by atoms with van der Waals surface area (Å²) in [5.74, 6) is -0.543. The minimum Gasteiger partial charge on any atom is -0.387 e. The fraction of sp³-hybridized carbons (Fsp3) is 0.364. The van der Waals surface area contributed by atoms with E-state index < -0.39 is 11.7 Å². The normalized spacial score (nSPS) is 18.4. The number of fused-ring (bicyclic) bond motifs is 1. The first-order valence-corrected chi connectivity index (χ1v) is 12.4. The predicted molar refractivity (Wildman–Crippen MR) is 132 cm³/mol. The number of anilines is 1. The first kappa shape index (κ1) is 24.4. The number of aromatic nitrogens is 3. The summed E-state index contributed by atoms with van der Waals surface area (Å²) < 4.78 is 33.8. The smallest absolute Gasteiger partial charge is 0.255 e. The Balaban J connectivity index is 1.61. The van der Waals surface area contributed by atoms with Crippen molar-refractivity contribution in [2.24, 2.45) is 5.92 Å². The fourth-order valence-electron chi connectivity index (χ4n) is 4.01. The Bertz CT molecular complexity index is 1230. The van der Waals surface area contributed by atoms with Crippen molar-refractivity contribution in [3.05, 3.63) is 53.2 Å². The fourth-order valence-corrected chi connectivity index (χ4v) is 4.79. The van der Waals surface area contributed by atoms with E-state index in [-0.39, 0.29) is 52.6 Å². The molecule has 1 aliphatic rings. The van der Waals surface area contributed by atoms with Gasteiger partial charge in [-0.05, 0) is 55.9 Å². The zero-order chi connectivity index (χ0) is 24.4. The molecule has 0 spiro atoms. The molecule has 0 saturated heterocycles. The van der Waals surface area contributed by atoms with Crippen molar-refractivity contribution >= 4 is 52.8 Å². The summed E-state index contributed by atoms with van der Waals surface area (Å²) in [4.78, 5) is 21.8. The molecule has 1 amide bonds. The Morgan fingerprint density at radius 3 is 2.79 bits per heavy atom. The van der Waals surface area contributed by atoms with Crippen molar-refractivity contribution < 1.29 is 17.3 Å². The van der Waals surface area contributed by atoms with Crippen molar-refractivity contribution in [3.8, 4) is 0 Å². The van der Waals surface area contributed by atoms with Gasteiger partial charge in [0.15, 0.2) is 18.0 Å². The molecule has 1 atom stereocenters. The first-order chi connectivity index (χ1) is 16.4. The molecule has 1 saturated carbocycles. The molecule has 1 fully saturated rings. The second-order valence-electron chi connectivity index (χ2n) is 8.06. The minimum atomic E-state index is -0.439. The largest absolute Gasteiger partial charge is 0.387 e. The molecule has 1 aromatic carbocycles. The van der Waals surface area contributed by atoms with E-state index in [0.717, 1.165) is 16.8 Å². The number of amides is 1. The molecule has 0 bridgehead atoms. The molecule has 12 heteroatoms. The lowest BCUT2D eigenvalue weighted by Crippen LogP contribution is -2.45. The van der Waals surface area contributed by atoms with Crippen molar-refractivity contribution in [2.45, 2.75) is 31.9 Å². The van der Waals surface area contributed by atoms with Gasteiger partial charge < -0.3 is 14.8 Å². The van der Waals surface area contributed by atoms with Gasteiger partial charge in [0.2, 0.25) is 0 Å². The molecule has 2 aromatic heterocycles. The quantitative estimate of drug-likeness (QED) is 0.288. The Kier molecular flexibility index (Phi) is 7.39. The lowest BCUT2D eigenvalue weighted by molar-refractivity contribution is 0.0598. The van der Waals surface area contributed by atoms with Crippen LogP contribution in [0.4, 0.5) is 14.0 Å². The summed E-state index contributed by atoms with van der Waals surface area (Å²) in [6, 6.07) is 3.90. The lowest BCUT2D eigenvalue weighted by atomic mass is 9.78. The van der Waals surface area contributed by atoms with Crippen LogP contribution in [-0.2, 0) is 4.18 Å². The number of rotatable bonds is 9. The van der Waals surface area contributed by atoms with Crippen LogP contribution in [-0.4, -0.2) is 51.0 Å². The van der Waals surface area contributed by atoms with E-state index in [9.17, 15) is 13.1 Å². The molecule has 1 unspecified atom stereocenters. The van der Waals surface area contributed by atoms with Crippen LogP contribution in [0.25, 0.3) is 11.2 Å². The van der Waals surface area contributed by atoms with Crippen LogP contribution in [0.3, 0.4) is 0 Å². The molecule has 8 nitrogen and oxygen atoms in total. The summed E-state index contributed by atoms with van der Waals surface area (Å²) in [5.41, 5.74) is 1.53. The molecule has 3 aromatic rings. The lowest BCUT2D eigenvalue weighted by Gasteiger charge is -2.38. The maximum absolute atomic E-state index is 13.6. The maximum Gasteiger partial charge on any atom is 0.255 e. The van der Waals surface area contributed by atoms with Crippen molar-refractivity contribution in [1.29, 1.82) is 5.41 Å². The third kappa shape index (κ3) is 4.75. The van der Waals surface area contributed by atoms with Gasteiger partial charge in [0, 0.05) is 36.8 Å². The SMILES string of the molecule is CNc1cc(F)ccc1C(=N)c1cnc2c(n1)c(C(=O)NC(C)C1CC(OSC)C1)cn2SF. The summed E-state index contributed by atoms with van der Waals surface area (Å²) in [6.45, 7) is 1.93. The molecule has 2 heterocycles. The van der Waals surface area contributed by atoms with Gasteiger partial charge in [-0.2, -0.15) is 0 Å². The molecule has 4 rings (SSSR count). The maximum atomic E-state index is 13.6. The molecule has 0 aliphatic heterocycles. The van der Waals surface area contributed by atoms with Crippen molar-refractivity contribution in [3.63, 3.8) is 0 Å². The van der Waals surface area contributed by atoms with Gasteiger partial charge in [-0.1, -0.05) is 0 Å². The topological polar surface area (TPSA) is 105 Å². The molecule has 0 radical (unpaired) electrons. The Labute approximate surface area is 204 Å². The molecular weight excluding hydrogens is 482 g/mol. The third-order valence-electron chi connectivity index (χ3n) is 5.99. The molecule has 3 N–H and O–H groups in total. The van der Waals surface area contributed by atoms with E-state index in [1.165, 1.54) is 42.6 Å². The molecule has 1 aliphatic carbocycles. The van der Waals surface area contributed by atoms with Gasteiger partial charge in [-0.3, -0.25) is 10.2 Å². The number of halogens is 2. The van der Waals surface area contributed by atoms with Crippen LogP contribution in [0.5, 0.6) is 0 Å². The van der Waals surface area contributed by atoms with E-state index in [0.29, 0.717) is 17.2 Å². The summed E-state index contributed by atoms with van der Waals surface area (Å²) in [5, 5.41) is 14.4. The number of nitrogens with zero attached hydrogens (tertiary/aromatic N) is 3. The van der Waals surface area contributed by atoms with Crippen molar-refractivity contribution in [1.82, 2.24) is 19.3 Å². The van der Waals surface area contributed by atoms with Gasteiger partial charge in [-0.25, -0.2) is 18.3 Å². The average Bonchev–Trinajstić information content (AvgIpc) is 3.18. The highest BCUT2D eigenvalue weighted by atomic mass is 32.2. The first-order valence-electron chi connectivity index (χ1n) is 10.6. The number of nitrogens with one attached hydrogen (secondary N) is 3. The van der Waals surface area contributed by atoms with Crippen LogP contribution in [0.1, 0.15) is 41.4 Å². The van der Waals surface area contributed by atoms with Gasteiger partial charge in [0.05, 0.1) is 23.6 Å². The summed E-state index contributed by atoms with van der Waals surface area (Å²) in [7, 11) is 1.63. The van der Waals surface area contributed by atoms with Gasteiger partial charge in [0.25, 0.3) is 5.91 Å². The number of hydrogen-bond donors (Lipinski definition) is 3. The summed E-state index contributed by atoms with van der Waals surface area (Å²) >= 11 is 1.25. The van der Waals surface area contributed by atoms with E-state index in [1.54, 1.807) is 7.05 Å². The van der Waals surface area contributed by atoms with E-state index in [2.05, 4.69) is 20.6 Å². The van der Waals surface area contributed by atoms with Gasteiger partial charge >= 0.3 is 0 Å². The molecular formula is C22H24F2N6O2S2. The second-order valence-corrected chi connectivity index (χ2v) is 9.12. The zero-order valence-electron chi connectivity index (χ0n) is 18.8.